The van der Waals surface area contributed by atoms with Gasteiger partial charge in [0.1, 0.15) is 5.92 Å². The van der Waals surface area contributed by atoms with Gasteiger partial charge in [0, 0.05) is 0 Å². The molecule has 1 aromatic rings. The summed E-state index contributed by atoms with van der Waals surface area (Å²) in [5, 5.41) is 10.0. The molecule has 5 heteroatoms. The van der Waals surface area contributed by atoms with Gasteiger partial charge in [-0.25, -0.2) is 8.78 Å². The van der Waals surface area contributed by atoms with Crippen LogP contribution in [-0.4, -0.2) is 24.1 Å². The van der Waals surface area contributed by atoms with E-state index in [1.165, 1.54) is 6.92 Å². The first kappa shape index (κ1) is 17.6. The molecule has 2 unspecified atom stereocenters. The van der Waals surface area contributed by atoms with Gasteiger partial charge >= 0.3 is 5.97 Å². The topological polar surface area (TPSA) is 46.5 Å². The van der Waals surface area contributed by atoms with Crippen molar-refractivity contribution < 1.29 is 23.4 Å². The van der Waals surface area contributed by atoms with Crippen LogP contribution in [0, 0.1) is 11.8 Å². The molecule has 0 spiro atoms. The number of alkyl halides is 2. The van der Waals surface area contributed by atoms with Gasteiger partial charge in [-0.05, 0) is 30.4 Å². The Hall–Kier alpha value is -1.49. The second-order valence-electron chi connectivity index (χ2n) is 5.40. The summed E-state index contributed by atoms with van der Waals surface area (Å²) in [7, 11) is 0. The van der Waals surface area contributed by atoms with Crippen LogP contribution in [0.4, 0.5) is 8.78 Å². The van der Waals surface area contributed by atoms with Gasteiger partial charge in [-0.15, -0.1) is 0 Å². The normalized spacial score (nSPS) is 14.3. The third-order valence-corrected chi connectivity index (χ3v) is 3.14. The van der Waals surface area contributed by atoms with Gasteiger partial charge in [0.2, 0.25) is 0 Å². The van der Waals surface area contributed by atoms with Crippen molar-refractivity contribution >= 4 is 5.97 Å². The third-order valence-electron chi connectivity index (χ3n) is 3.14. The largest absolute Gasteiger partial charge is 0.466 e. The number of ether oxygens (including phenoxy) is 1. The predicted octanol–water partition coefficient (Wildman–Crippen LogP) is 3.36. The van der Waals surface area contributed by atoms with Crippen LogP contribution < -0.4 is 0 Å². The second-order valence-corrected chi connectivity index (χ2v) is 5.40. The Balaban J connectivity index is 2.88. The van der Waals surface area contributed by atoms with E-state index in [-0.39, 0.29) is 6.61 Å². The van der Waals surface area contributed by atoms with Crippen molar-refractivity contribution in [3.8, 4) is 0 Å². The van der Waals surface area contributed by atoms with Gasteiger partial charge < -0.3 is 9.84 Å². The molecule has 0 aliphatic carbocycles. The Bertz CT molecular complexity index is 443. The SMILES string of the molecule is CCOC(=O)C(C(F)F)C(O)c1ccc(CC(C)C)cc1. The van der Waals surface area contributed by atoms with Crippen LogP contribution in [-0.2, 0) is 16.0 Å². The van der Waals surface area contributed by atoms with Gasteiger partial charge in [0.15, 0.2) is 0 Å². The van der Waals surface area contributed by atoms with Crippen molar-refractivity contribution in [3.63, 3.8) is 0 Å². The molecule has 0 radical (unpaired) electrons. The molecule has 21 heavy (non-hydrogen) atoms. The van der Waals surface area contributed by atoms with E-state index in [4.69, 9.17) is 0 Å². The number of aliphatic hydroxyl groups is 1. The number of rotatable bonds is 7. The smallest absolute Gasteiger partial charge is 0.317 e. The Morgan fingerprint density at radius 2 is 1.81 bits per heavy atom. The minimum absolute atomic E-state index is 0.00208. The predicted molar refractivity (Wildman–Crippen MR) is 76.1 cm³/mol. The Kier molecular flexibility index (Phi) is 6.75. The van der Waals surface area contributed by atoms with Crippen molar-refractivity contribution in [2.75, 3.05) is 6.61 Å². The monoisotopic (exact) mass is 300 g/mol. The number of carbonyl (C=O) groups is 1. The van der Waals surface area contributed by atoms with E-state index in [9.17, 15) is 18.7 Å². The molecule has 2 atom stereocenters. The van der Waals surface area contributed by atoms with Crippen LogP contribution in [0.15, 0.2) is 24.3 Å². The fourth-order valence-electron chi connectivity index (χ4n) is 2.14. The maximum absolute atomic E-state index is 13.0. The highest BCUT2D eigenvalue weighted by atomic mass is 19.3. The molecule has 0 aliphatic heterocycles. The molecule has 1 rings (SSSR count). The lowest BCUT2D eigenvalue weighted by Crippen LogP contribution is -2.30. The average molecular weight is 300 g/mol. The zero-order valence-corrected chi connectivity index (χ0v) is 12.6. The van der Waals surface area contributed by atoms with Gasteiger partial charge in [0.25, 0.3) is 6.43 Å². The zero-order chi connectivity index (χ0) is 16.0. The molecular weight excluding hydrogens is 278 g/mol. The fourth-order valence-corrected chi connectivity index (χ4v) is 2.14. The number of benzene rings is 1. The van der Waals surface area contributed by atoms with E-state index in [0.29, 0.717) is 11.5 Å². The van der Waals surface area contributed by atoms with Crippen LogP contribution in [0.2, 0.25) is 0 Å². The van der Waals surface area contributed by atoms with Crippen molar-refractivity contribution in [2.24, 2.45) is 11.8 Å². The van der Waals surface area contributed by atoms with Crippen molar-refractivity contribution in [1.82, 2.24) is 0 Å². The van der Waals surface area contributed by atoms with Gasteiger partial charge in [-0.1, -0.05) is 38.1 Å². The minimum Gasteiger partial charge on any atom is -0.466 e. The maximum atomic E-state index is 13.0. The first-order chi connectivity index (χ1) is 9.86. The number of carbonyl (C=O) groups excluding carboxylic acids is 1. The van der Waals surface area contributed by atoms with Crippen molar-refractivity contribution in [3.05, 3.63) is 35.4 Å². The summed E-state index contributed by atoms with van der Waals surface area (Å²) in [6, 6.07) is 6.73. The number of esters is 1. The summed E-state index contributed by atoms with van der Waals surface area (Å²) in [5.41, 5.74) is 1.35. The molecule has 0 saturated heterocycles. The second kappa shape index (κ2) is 8.08. The number of halogens is 2. The van der Waals surface area contributed by atoms with Gasteiger partial charge in [0.05, 0.1) is 12.7 Å². The lowest BCUT2D eigenvalue weighted by atomic mass is 9.94. The molecule has 3 nitrogen and oxygen atoms in total. The molecule has 0 heterocycles. The third kappa shape index (κ3) is 5.08. The number of hydrogen-bond donors (Lipinski definition) is 1. The lowest BCUT2D eigenvalue weighted by molar-refractivity contribution is -0.160. The molecule has 0 amide bonds. The van der Waals surface area contributed by atoms with Crippen LogP contribution in [0.25, 0.3) is 0 Å². The molecule has 0 saturated carbocycles. The Labute approximate surface area is 123 Å². The highest BCUT2D eigenvalue weighted by Crippen LogP contribution is 2.29. The molecule has 118 valence electrons. The number of hydrogen-bond acceptors (Lipinski definition) is 3. The Morgan fingerprint density at radius 1 is 1.24 bits per heavy atom. The summed E-state index contributed by atoms with van der Waals surface area (Å²) in [6.45, 7) is 5.70. The fraction of sp³-hybridized carbons (Fsp3) is 0.562. The van der Waals surface area contributed by atoms with Gasteiger partial charge in [-0.2, -0.15) is 0 Å². The molecule has 0 fully saturated rings. The number of aliphatic hydroxyl groups excluding tert-OH is 1. The van der Waals surface area contributed by atoms with Gasteiger partial charge in [-0.3, -0.25) is 4.79 Å². The van der Waals surface area contributed by atoms with E-state index >= 15 is 0 Å². The molecule has 1 aromatic carbocycles. The first-order valence-electron chi connectivity index (χ1n) is 7.08. The van der Waals surface area contributed by atoms with E-state index < -0.39 is 24.4 Å². The van der Waals surface area contributed by atoms with E-state index in [0.717, 1.165) is 12.0 Å². The summed E-state index contributed by atoms with van der Waals surface area (Å²) in [6.07, 6.45) is -3.68. The van der Waals surface area contributed by atoms with E-state index in [2.05, 4.69) is 18.6 Å². The molecule has 0 bridgehead atoms. The van der Waals surface area contributed by atoms with Crippen LogP contribution >= 0.6 is 0 Å². The highest BCUT2D eigenvalue weighted by molar-refractivity contribution is 5.73. The molecular formula is C16H22F2O3. The minimum atomic E-state index is -2.98. The summed E-state index contributed by atoms with van der Waals surface area (Å²) >= 11 is 0. The van der Waals surface area contributed by atoms with E-state index in [1.807, 2.05) is 0 Å². The van der Waals surface area contributed by atoms with E-state index in [1.54, 1.807) is 24.3 Å². The van der Waals surface area contributed by atoms with Crippen molar-refractivity contribution in [2.45, 2.75) is 39.7 Å². The average Bonchev–Trinajstić information content (AvgIpc) is 2.38. The standard InChI is InChI=1S/C16H22F2O3/c1-4-21-16(20)13(15(17)18)14(19)12-7-5-11(6-8-12)9-10(2)3/h5-8,10,13-15,19H,4,9H2,1-3H3. The summed E-state index contributed by atoms with van der Waals surface area (Å²) < 4.78 is 30.6. The first-order valence-corrected chi connectivity index (χ1v) is 7.08. The molecule has 0 aromatic heterocycles. The Morgan fingerprint density at radius 3 is 2.24 bits per heavy atom. The highest BCUT2D eigenvalue weighted by Gasteiger charge is 2.37. The molecule has 1 N–H and O–H groups in total. The maximum Gasteiger partial charge on any atom is 0.317 e. The lowest BCUT2D eigenvalue weighted by Gasteiger charge is -2.21. The zero-order valence-electron chi connectivity index (χ0n) is 12.6. The van der Waals surface area contributed by atoms with Crippen molar-refractivity contribution in [1.29, 1.82) is 0 Å². The molecule has 0 aliphatic rings. The van der Waals surface area contributed by atoms with Crippen LogP contribution in [0.3, 0.4) is 0 Å². The van der Waals surface area contributed by atoms with Crippen LogP contribution in [0.1, 0.15) is 38.0 Å². The van der Waals surface area contributed by atoms with Crippen LogP contribution in [0.5, 0.6) is 0 Å². The summed E-state index contributed by atoms with van der Waals surface area (Å²) in [5.74, 6) is -2.46. The summed E-state index contributed by atoms with van der Waals surface area (Å²) in [4.78, 5) is 11.5. The quantitative estimate of drug-likeness (QED) is 0.785.